The summed E-state index contributed by atoms with van der Waals surface area (Å²) < 4.78 is 19.1. The van der Waals surface area contributed by atoms with Gasteiger partial charge in [0.2, 0.25) is 19.5 Å². The lowest BCUT2D eigenvalue weighted by atomic mass is 10.4. The largest absolute Gasteiger partial charge is 0.330 e. The Morgan fingerprint density at radius 2 is 1.86 bits per heavy atom. The first-order valence-corrected chi connectivity index (χ1v) is 6.76. The fourth-order valence-corrected chi connectivity index (χ4v) is 3.16. The number of hydrogen-bond acceptors (Lipinski definition) is 4. The van der Waals surface area contributed by atoms with Crippen LogP contribution in [0, 0.1) is 0 Å². The van der Waals surface area contributed by atoms with Crippen LogP contribution in [0.5, 0.6) is 0 Å². The molecule has 4 nitrogen and oxygen atoms in total. The third-order valence-electron chi connectivity index (χ3n) is 1.34. The predicted molar refractivity (Wildman–Crippen MR) is 58.9 cm³/mol. The topological polar surface area (TPSA) is 58.5 Å². The molecule has 1 N–H and O–H groups in total. The molecular weight excluding hydrogens is 294 g/mol. The van der Waals surface area contributed by atoms with E-state index in [4.69, 9.17) is 46.4 Å². The Morgan fingerprint density at radius 1 is 1.36 bits per heavy atom. The summed E-state index contributed by atoms with van der Waals surface area (Å²) in [6.07, 6.45) is 0.823. The van der Waals surface area contributed by atoms with Gasteiger partial charge in [0, 0.05) is 6.26 Å². The van der Waals surface area contributed by atoms with E-state index in [9.17, 15) is 8.42 Å². The van der Waals surface area contributed by atoms with Gasteiger partial charge in [0.15, 0.2) is 4.46 Å². The number of rotatable bonds is 0. The van der Waals surface area contributed by atoms with Gasteiger partial charge in [-0.05, 0) is 0 Å². The Balaban J connectivity index is 3.16. The number of sulfone groups is 1. The number of amidine groups is 1. The van der Waals surface area contributed by atoms with Crippen molar-refractivity contribution >= 4 is 61.4 Å². The SMILES string of the molecule is CS(=O)(=O)C1=NC(Cl)(Cl)CC(Cl)(Cl)N1. The van der Waals surface area contributed by atoms with Gasteiger partial charge in [-0.15, -0.1) is 0 Å². The molecule has 1 heterocycles. The molecular formula is C5H6Cl4N2O2S. The van der Waals surface area contributed by atoms with Crippen molar-refractivity contribution in [2.45, 2.75) is 15.3 Å². The summed E-state index contributed by atoms with van der Waals surface area (Å²) in [5, 5.41) is 1.89. The summed E-state index contributed by atoms with van der Waals surface area (Å²) in [7, 11) is -3.57. The van der Waals surface area contributed by atoms with Crippen LogP contribution in [0.25, 0.3) is 0 Å². The second-order valence-corrected chi connectivity index (χ2v) is 7.72. The van der Waals surface area contributed by atoms with Crippen LogP contribution in [0.15, 0.2) is 4.99 Å². The van der Waals surface area contributed by atoms with Gasteiger partial charge in [-0.25, -0.2) is 13.4 Å². The molecule has 0 saturated heterocycles. The van der Waals surface area contributed by atoms with Crippen molar-refractivity contribution in [2.24, 2.45) is 4.99 Å². The van der Waals surface area contributed by atoms with Crippen LogP contribution in [0.3, 0.4) is 0 Å². The van der Waals surface area contributed by atoms with Crippen molar-refractivity contribution in [3.63, 3.8) is 0 Å². The molecule has 1 aliphatic rings. The molecule has 0 aromatic carbocycles. The molecule has 0 aromatic rings. The van der Waals surface area contributed by atoms with Crippen LogP contribution in [0.2, 0.25) is 0 Å². The fourth-order valence-electron chi connectivity index (χ4n) is 0.859. The molecule has 14 heavy (non-hydrogen) atoms. The lowest BCUT2D eigenvalue weighted by Gasteiger charge is -2.32. The lowest BCUT2D eigenvalue weighted by Crippen LogP contribution is -2.50. The molecule has 0 bridgehead atoms. The van der Waals surface area contributed by atoms with Gasteiger partial charge >= 0.3 is 0 Å². The summed E-state index contributed by atoms with van der Waals surface area (Å²) in [5.74, 6) is 0. The van der Waals surface area contributed by atoms with E-state index in [2.05, 4.69) is 10.3 Å². The molecule has 0 unspecified atom stereocenters. The van der Waals surface area contributed by atoms with E-state index in [1.165, 1.54) is 0 Å². The Kier molecular flexibility index (Phi) is 3.21. The number of aliphatic imine (C=N–C) groups is 1. The van der Waals surface area contributed by atoms with Crippen molar-refractivity contribution in [3.8, 4) is 0 Å². The zero-order valence-electron chi connectivity index (χ0n) is 6.89. The predicted octanol–water partition coefficient (Wildman–Crippen LogP) is 1.64. The van der Waals surface area contributed by atoms with Gasteiger partial charge in [0.05, 0.1) is 6.42 Å². The van der Waals surface area contributed by atoms with Crippen LogP contribution in [-0.2, 0) is 9.84 Å². The number of halogens is 4. The first kappa shape index (κ1) is 12.6. The second-order valence-electron chi connectivity index (χ2n) is 2.86. The van der Waals surface area contributed by atoms with Crippen LogP contribution in [0.4, 0.5) is 0 Å². The minimum absolute atomic E-state index is 0.120. The van der Waals surface area contributed by atoms with E-state index < -0.39 is 23.9 Å². The Morgan fingerprint density at radius 3 is 2.21 bits per heavy atom. The molecule has 0 amide bonds. The van der Waals surface area contributed by atoms with Gasteiger partial charge in [0.1, 0.15) is 0 Å². The summed E-state index contributed by atoms with van der Waals surface area (Å²) in [5.41, 5.74) is 0. The molecule has 9 heteroatoms. The molecule has 1 aliphatic heterocycles. The number of hydrogen-bond donors (Lipinski definition) is 1. The number of nitrogens with zero attached hydrogens (tertiary/aromatic N) is 1. The van der Waals surface area contributed by atoms with Gasteiger partial charge in [0.25, 0.3) is 0 Å². The lowest BCUT2D eigenvalue weighted by molar-refractivity contribution is 0.566. The van der Waals surface area contributed by atoms with Crippen LogP contribution >= 0.6 is 46.4 Å². The maximum atomic E-state index is 11.1. The highest BCUT2D eigenvalue weighted by atomic mass is 35.5. The Hall–Kier alpha value is 0.580. The van der Waals surface area contributed by atoms with Crippen LogP contribution < -0.4 is 5.32 Å². The van der Waals surface area contributed by atoms with E-state index in [1.54, 1.807) is 0 Å². The summed E-state index contributed by atoms with van der Waals surface area (Å²) in [6.45, 7) is 0. The molecule has 82 valence electrons. The van der Waals surface area contributed by atoms with E-state index in [0.29, 0.717) is 0 Å². The summed E-state index contributed by atoms with van der Waals surface area (Å²) >= 11 is 22.7. The third kappa shape index (κ3) is 3.31. The maximum absolute atomic E-state index is 11.1. The molecule has 0 radical (unpaired) electrons. The first-order chi connectivity index (χ1) is 6.02. The normalized spacial score (nSPS) is 25.1. The van der Waals surface area contributed by atoms with E-state index >= 15 is 0 Å². The molecule has 0 aromatic heterocycles. The molecule has 1 rings (SSSR count). The Labute approximate surface area is 101 Å². The van der Waals surface area contributed by atoms with E-state index in [1.807, 2.05) is 0 Å². The van der Waals surface area contributed by atoms with E-state index in [-0.39, 0.29) is 6.42 Å². The third-order valence-corrected chi connectivity index (χ3v) is 3.13. The van der Waals surface area contributed by atoms with Gasteiger partial charge in [-0.1, -0.05) is 46.4 Å². The average Bonchev–Trinajstić information content (AvgIpc) is 1.76. The zero-order chi connectivity index (χ0) is 11.2. The molecule has 0 atom stereocenters. The van der Waals surface area contributed by atoms with Gasteiger partial charge < -0.3 is 5.32 Å². The maximum Gasteiger partial charge on any atom is 0.221 e. The number of alkyl halides is 4. The fraction of sp³-hybridized carbons (Fsp3) is 0.800. The molecule has 0 saturated carbocycles. The highest BCUT2D eigenvalue weighted by Crippen LogP contribution is 2.40. The van der Waals surface area contributed by atoms with E-state index in [0.717, 1.165) is 6.26 Å². The highest BCUT2D eigenvalue weighted by molar-refractivity contribution is 8.05. The van der Waals surface area contributed by atoms with Crippen molar-refractivity contribution in [1.29, 1.82) is 0 Å². The summed E-state index contributed by atoms with van der Waals surface area (Å²) in [4.78, 5) is 3.56. The molecule has 0 spiro atoms. The highest BCUT2D eigenvalue weighted by Gasteiger charge is 2.43. The molecule has 0 fully saturated rings. The smallest absolute Gasteiger partial charge is 0.221 e. The zero-order valence-corrected chi connectivity index (χ0v) is 10.7. The van der Waals surface area contributed by atoms with Crippen LogP contribution in [0.1, 0.15) is 6.42 Å². The minimum Gasteiger partial charge on any atom is -0.330 e. The van der Waals surface area contributed by atoms with Crippen molar-refractivity contribution in [2.75, 3.05) is 6.26 Å². The standard InChI is InChI=1S/C5H6Cl4N2O2S/c1-14(12,13)3-10-4(6,7)2-5(8,9)11-3/h2H2,1H3,(H,10,11). The minimum atomic E-state index is -3.57. The quantitative estimate of drug-likeness (QED) is 0.546. The summed E-state index contributed by atoms with van der Waals surface area (Å²) in [6, 6.07) is 0. The van der Waals surface area contributed by atoms with Gasteiger partial charge in [-0.3, -0.25) is 0 Å². The van der Waals surface area contributed by atoms with Crippen molar-refractivity contribution in [1.82, 2.24) is 5.32 Å². The first-order valence-electron chi connectivity index (χ1n) is 3.36. The van der Waals surface area contributed by atoms with Gasteiger partial charge in [-0.2, -0.15) is 0 Å². The van der Waals surface area contributed by atoms with Crippen molar-refractivity contribution in [3.05, 3.63) is 0 Å². The number of nitrogens with one attached hydrogen (secondary N) is 1. The monoisotopic (exact) mass is 298 g/mol. The Bertz CT molecular complexity index is 375. The average molecular weight is 300 g/mol. The van der Waals surface area contributed by atoms with Crippen LogP contribution in [-0.4, -0.2) is 28.8 Å². The molecule has 0 aliphatic carbocycles. The second kappa shape index (κ2) is 3.56. The van der Waals surface area contributed by atoms with Crippen molar-refractivity contribution < 1.29 is 8.42 Å².